The molecule has 30 heavy (non-hydrogen) atoms. The molecule has 2 aromatic rings. The first-order valence-corrected chi connectivity index (χ1v) is 10.2. The molecule has 1 aromatic heterocycles. The highest BCUT2D eigenvalue weighted by molar-refractivity contribution is 6.62. The molecule has 0 atom stereocenters. The predicted octanol–water partition coefficient (Wildman–Crippen LogP) is 3.94. The molecule has 6 nitrogen and oxygen atoms in total. The fraction of sp³-hybridized carbons (Fsp3) is 0.478. The first kappa shape index (κ1) is 22.3. The van der Waals surface area contributed by atoms with Crippen LogP contribution >= 0.6 is 0 Å². The van der Waals surface area contributed by atoms with E-state index in [-0.39, 0.29) is 11.3 Å². The molecular weight excluding hydrogens is 379 g/mol. The lowest BCUT2D eigenvalue weighted by Crippen LogP contribution is -2.41. The van der Waals surface area contributed by atoms with Crippen LogP contribution in [0.3, 0.4) is 0 Å². The van der Waals surface area contributed by atoms with E-state index in [1.807, 2.05) is 52.0 Å². The van der Waals surface area contributed by atoms with Crippen LogP contribution in [-0.2, 0) is 14.7 Å². The second-order valence-corrected chi connectivity index (χ2v) is 9.70. The van der Waals surface area contributed by atoms with E-state index in [2.05, 4.69) is 31.1 Å². The molecule has 0 bridgehead atoms. The number of hydrogen-bond acceptors (Lipinski definition) is 5. The highest BCUT2D eigenvalue weighted by Gasteiger charge is 2.52. The summed E-state index contributed by atoms with van der Waals surface area (Å²) in [4.78, 5) is 17.2. The number of hydrogen-bond donors (Lipinski definition) is 1. The Morgan fingerprint density at radius 2 is 1.63 bits per heavy atom. The van der Waals surface area contributed by atoms with Crippen LogP contribution in [0, 0.1) is 0 Å². The van der Waals surface area contributed by atoms with Crippen molar-refractivity contribution in [2.24, 2.45) is 0 Å². The van der Waals surface area contributed by atoms with Crippen LogP contribution in [0.5, 0.6) is 5.88 Å². The van der Waals surface area contributed by atoms with Crippen molar-refractivity contribution in [3.8, 4) is 5.88 Å². The van der Waals surface area contributed by atoms with Crippen molar-refractivity contribution in [2.75, 3.05) is 12.4 Å². The van der Waals surface area contributed by atoms with E-state index >= 15 is 0 Å². The van der Waals surface area contributed by atoms with Crippen LogP contribution in [-0.4, -0.2) is 36.3 Å². The minimum atomic E-state index is -0.574. The van der Waals surface area contributed by atoms with Gasteiger partial charge in [-0.05, 0) is 56.9 Å². The molecular formula is C23H31BN2O4. The van der Waals surface area contributed by atoms with Crippen LogP contribution in [0.2, 0.25) is 0 Å². The zero-order valence-electron chi connectivity index (χ0n) is 19.1. The third kappa shape index (κ3) is 4.37. The number of nitrogens with zero attached hydrogens (tertiary/aromatic N) is 1. The summed E-state index contributed by atoms with van der Waals surface area (Å²) in [7, 11) is 0.944. The smallest absolute Gasteiger partial charge is 0.480 e. The standard InChI is InChI=1S/C23H31BN2O4/c1-21(2,3)16-11-9-15(10-12-16)19(27)26-18-13-17(14-25-20(18)28-8)24-29-22(4,5)23(6,7)30-24/h9-14H,1-8H3,(H,26,27). The largest absolute Gasteiger partial charge is 0.496 e. The minimum Gasteiger partial charge on any atom is -0.480 e. The number of carbonyl (C=O) groups excluding carboxylic acids is 1. The van der Waals surface area contributed by atoms with Gasteiger partial charge in [-0.1, -0.05) is 32.9 Å². The van der Waals surface area contributed by atoms with Crippen molar-refractivity contribution in [1.29, 1.82) is 0 Å². The van der Waals surface area contributed by atoms with Gasteiger partial charge in [0.25, 0.3) is 5.91 Å². The molecule has 1 saturated heterocycles. The maximum Gasteiger partial charge on any atom is 0.496 e. The number of carbonyl (C=O) groups is 1. The van der Waals surface area contributed by atoms with Gasteiger partial charge in [-0.2, -0.15) is 0 Å². The fourth-order valence-corrected chi connectivity index (χ4v) is 3.14. The van der Waals surface area contributed by atoms with Gasteiger partial charge in [0.05, 0.1) is 18.3 Å². The average molecular weight is 410 g/mol. The summed E-state index contributed by atoms with van der Waals surface area (Å²) in [6.07, 6.45) is 1.65. The number of amides is 1. The Hall–Kier alpha value is -2.38. The van der Waals surface area contributed by atoms with E-state index in [0.717, 1.165) is 0 Å². The topological polar surface area (TPSA) is 69.7 Å². The third-order valence-electron chi connectivity index (χ3n) is 5.85. The summed E-state index contributed by atoms with van der Waals surface area (Å²) in [5.41, 5.74) is 2.01. The van der Waals surface area contributed by atoms with Crippen molar-refractivity contribution in [2.45, 2.75) is 65.1 Å². The van der Waals surface area contributed by atoms with Crippen molar-refractivity contribution in [3.05, 3.63) is 47.7 Å². The SMILES string of the molecule is COc1ncc(B2OC(C)(C)C(C)(C)O2)cc1NC(=O)c1ccc(C(C)(C)C)cc1. The lowest BCUT2D eigenvalue weighted by atomic mass is 9.80. The zero-order chi connectivity index (χ0) is 22.3. The number of methoxy groups -OCH3 is 1. The molecule has 2 heterocycles. The van der Waals surface area contributed by atoms with Gasteiger partial charge in [-0.25, -0.2) is 4.98 Å². The molecule has 1 fully saturated rings. The van der Waals surface area contributed by atoms with Crippen LogP contribution in [0.4, 0.5) is 5.69 Å². The normalized spacial score (nSPS) is 17.7. The molecule has 3 rings (SSSR count). The van der Waals surface area contributed by atoms with Gasteiger partial charge in [-0.15, -0.1) is 0 Å². The van der Waals surface area contributed by atoms with Crippen molar-refractivity contribution in [3.63, 3.8) is 0 Å². The molecule has 1 N–H and O–H groups in total. The van der Waals surface area contributed by atoms with Gasteiger partial charge in [0, 0.05) is 17.2 Å². The molecule has 0 radical (unpaired) electrons. The van der Waals surface area contributed by atoms with Gasteiger partial charge >= 0.3 is 7.12 Å². The Bertz CT molecular complexity index is 917. The summed E-state index contributed by atoms with van der Waals surface area (Å²) in [5.74, 6) is 0.0940. The van der Waals surface area contributed by atoms with Gasteiger partial charge < -0.3 is 19.4 Å². The first-order chi connectivity index (χ1) is 13.8. The number of pyridine rings is 1. The molecule has 0 spiro atoms. The van der Waals surface area contributed by atoms with Gasteiger partial charge in [0.2, 0.25) is 5.88 Å². The Kier molecular flexibility index (Phi) is 5.73. The van der Waals surface area contributed by atoms with Gasteiger partial charge in [-0.3, -0.25) is 4.79 Å². The Balaban J connectivity index is 1.83. The Morgan fingerprint density at radius 3 is 2.13 bits per heavy atom. The van der Waals surface area contributed by atoms with Crippen LogP contribution in [0.15, 0.2) is 36.5 Å². The summed E-state index contributed by atoms with van der Waals surface area (Å²) >= 11 is 0. The zero-order valence-corrected chi connectivity index (χ0v) is 19.1. The predicted molar refractivity (Wildman–Crippen MR) is 120 cm³/mol. The van der Waals surface area contributed by atoms with Crippen LogP contribution in [0.1, 0.15) is 64.4 Å². The van der Waals surface area contributed by atoms with E-state index < -0.39 is 18.3 Å². The summed E-state index contributed by atoms with van der Waals surface area (Å²) in [6, 6.07) is 9.40. The van der Waals surface area contributed by atoms with Crippen molar-refractivity contribution < 1.29 is 18.8 Å². The first-order valence-electron chi connectivity index (χ1n) is 10.2. The second kappa shape index (κ2) is 7.71. The van der Waals surface area contributed by atoms with E-state index in [9.17, 15) is 4.79 Å². The van der Waals surface area contributed by atoms with Crippen molar-refractivity contribution in [1.82, 2.24) is 4.98 Å². The molecule has 1 aromatic carbocycles. The van der Waals surface area contributed by atoms with E-state index in [0.29, 0.717) is 22.6 Å². The molecule has 0 unspecified atom stereocenters. The quantitative estimate of drug-likeness (QED) is 0.774. The highest BCUT2D eigenvalue weighted by atomic mass is 16.7. The van der Waals surface area contributed by atoms with E-state index in [1.54, 1.807) is 12.3 Å². The summed E-state index contributed by atoms with van der Waals surface area (Å²) in [5, 5.41) is 2.90. The highest BCUT2D eigenvalue weighted by Crippen LogP contribution is 2.36. The monoisotopic (exact) mass is 410 g/mol. The average Bonchev–Trinajstić information content (AvgIpc) is 2.88. The fourth-order valence-electron chi connectivity index (χ4n) is 3.14. The molecule has 0 aliphatic carbocycles. The lowest BCUT2D eigenvalue weighted by molar-refractivity contribution is 0.00578. The number of anilines is 1. The molecule has 160 valence electrons. The van der Waals surface area contributed by atoms with E-state index in [1.165, 1.54) is 12.7 Å². The van der Waals surface area contributed by atoms with E-state index in [4.69, 9.17) is 14.0 Å². The van der Waals surface area contributed by atoms with Gasteiger partial charge in [0.1, 0.15) is 5.69 Å². The molecule has 0 saturated carbocycles. The number of benzene rings is 1. The Morgan fingerprint density at radius 1 is 1.07 bits per heavy atom. The number of ether oxygens (including phenoxy) is 1. The second-order valence-electron chi connectivity index (χ2n) is 9.70. The molecule has 1 amide bonds. The van der Waals surface area contributed by atoms with Gasteiger partial charge in [0.15, 0.2) is 0 Å². The minimum absolute atomic E-state index is 0.0271. The number of aromatic nitrogens is 1. The summed E-state index contributed by atoms with van der Waals surface area (Å²) < 4.78 is 17.5. The number of rotatable bonds is 4. The maximum atomic E-state index is 12.8. The molecule has 1 aliphatic rings. The lowest BCUT2D eigenvalue weighted by Gasteiger charge is -2.32. The summed E-state index contributed by atoms with van der Waals surface area (Å²) in [6.45, 7) is 14.4. The maximum absolute atomic E-state index is 12.8. The number of nitrogens with one attached hydrogen (secondary N) is 1. The van der Waals surface area contributed by atoms with Crippen LogP contribution in [0.25, 0.3) is 0 Å². The molecule has 7 heteroatoms. The van der Waals surface area contributed by atoms with Crippen molar-refractivity contribution >= 4 is 24.2 Å². The Labute approximate surface area is 179 Å². The molecule has 1 aliphatic heterocycles. The third-order valence-corrected chi connectivity index (χ3v) is 5.85. The van der Waals surface area contributed by atoms with Crippen LogP contribution < -0.4 is 15.5 Å².